The van der Waals surface area contributed by atoms with Crippen LogP contribution in [0.25, 0.3) is 10.7 Å². The lowest BCUT2D eigenvalue weighted by atomic mass is 9.79. The smallest absolute Gasteiger partial charge is 0.241 e. The van der Waals surface area contributed by atoms with E-state index in [1.807, 2.05) is 23.6 Å². The van der Waals surface area contributed by atoms with Crippen molar-refractivity contribution < 1.29 is 9.32 Å². The van der Waals surface area contributed by atoms with E-state index < -0.39 is 0 Å². The van der Waals surface area contributed by atoms with Gasteiger partial charge in [-0.3, -0.25) is 9.69 Å². The van der Waals surface area contributed by atoms with Crippen LogP contribution in [0.5, 0.6) is 0 Å². The Labute approximate surface area is 194 Å². The number of benzene rings is 1. The maximum Gasteiger partial charge on any atom is 0.241 e. The molecule has 7 heteroatoms. The van der Waals surface area contributed by atoms with Gasteiger partial charge in [-0.25, -0.2) is 0 Å². The number of carbonyl (C=O) groups is 1. The van der Waals surface area contributed by atoms with E-state index in [4.69, 9.17) is 4.52 Å². The van der Waals surface area contributed by atoms with E-state index in [0.717, 1.165) is 37.2 Å². The Morgan fingerprint density at radius 2 is 2.09 bits per heavy atom. The van der Waals surface area contributed by atoms with Gasteiger partial charge in [-0.05, 0) is 55.2 Å². The van der Waals surface area contributed by atoms with Crippen molar-refractivity contribution in [1.82, 2.24) is 20.4 Å². The number of nitrogens with zero attached hydrogens (tertiary/aromatic N) is 3. The monoisotopic (exact) mass is 452 g/mol. The molecule has 1 aromatic carbocycles. The van der Waals surface area contributed by atoms with E-state index in [2.05, 4.69) is 65.4 Å². The molecular weight excluding hydrogens is 420 g/mol. The summed E-state index contributed by atoms with van der Waals surface area (Å²) < 4.78 is 5.45. The minimum Gasteiger partial charge on any atom is -0.353 e. The number of nitrogens with one attached hydrogen (secondary N) is 1. The van der Waals surface area contributed by atoms with E-state index in [1.165, 1.54) is 5.56 Å². The number of aromatic nitrogens is 2. The lowest BCUT2D eigenvalue weighted by molar-refractivity contribution is -0.127. The molecule has 2 atom stereocenters. The number of hydrogen-bond donors (Lipinski definition) is 1. The molecule has 6 nitrogen and oxygen atoms in total. The summed E-state index contributed by atoms with van der Waals surface area (Å²) in [6.45, 7) is 8.82. The molecule has 0 bridgehead atoms. The Hall–Kier alpha value is -2.51. The first kappa shape index (κ1) is 22.7. The van der Waals surface area contributed by atoms with Crippen molar-refractivity contribution in [3.8, 4) is 10.7 Å². The minimum absolute atomic E-state index is 0.00475. The van der Waals surface area contributed by atoms with E-state index >= 15 is 0 Å². The highest BCUT2D eigenvalue weighted by Crippen LogP contribution is 2.28. The molecule has 1 aliphatic heterocycles. The Balaban J connectivity index is 1.29. The third-order valence-corrected chi connectivity index (χ3v) is 7.07. The molecule has 4 rings (SSSR count). The highest BCUT2D eigenvalue weighted by Gasteiger charge is 2.29. The Morgan fingerprint density at radius 3 is 2.84 bits per heavy atom. The van der Waals surface area contributed by atoms with Gasteiger partial charge >= 0.3 is 0 Å². The number of hydrogen-bond acceptors (Lipinski definition) is 6. The van der Waals surface area contributed by atoms with Crippen molar-refractivity contribution in [2.45, 2.75) is 58.0 Å². The predicted octanol–water partition coefficient (Wildman–Crippen LogP) is 4.88. The van der Waals surface area contributed by atoms with Gasteiger partial charge in [0.25, 0.3) is 0 Å². The van der Waals surface area contributed by atoms with Gasteiger partial charge in [0.2, 0.25) is 17.6 Å². The van der Waals surface area contributed by atoms with Gasteiger partial charge in [-0.1, -0.05) is 55.4 Å². The minimum atomic E-state index is -0.00859. The van der Waals surface area contributed by atoms with Crippen molar-refractivity contribution in [2.75, 3.05) is 13.1 Å². The SMILES string of the molecule is CC(CC(C)(C)c1ccccc1)NC(=O)C1CCCN(Cc2nc(-c3cccs3)no2)C1. The number of piperidine rings is 1. The summed E-state index contributed by atoms with van der Waals surface area (Å²) in [5.74, 6) is 1.38. The second-order valence-corrected chi connectivity index (χ2v) is 10.4. The zero-order valence-corrected chi connectivity index (χ0v) is 19.9. The molecule has 3 aromatic rings. The van der Waals surface area contributed by atoms with Crippen LogP contribution in [0.3, 0.4) is 0 Å². The predicted molar refractivity (Wildman–Crippen MR) is 127 cm³/mol. The van der Waals surface area contributed by atoms with Gasteiger partial charge in [-0.15, -0.1) is 11.3 Å². The fourth-order valence-electron chi connectivity index (χ4n) is 4.61. The highest BCUT2D eigenvalue weighted by atomic mass is 32.1. The van der Waals surface area contributed by atoms with Crippen LogP contribution in [-0.4, -0.2) is 40.1 Å². The maximum atomic E-state index is 13.0. The van der Waals surface area contributed by atoms with Gasteiger partial charge in [0.1, 0.15) is 0 Å². The standard InChI is InChI=1S/C25H32N4O2S/c1-18(15-25(2,3)20-10-5-4-6-11-20)26-24(30)19-9-7-13-29(16-19)17-22-27-23(28-31-22)21-12-8-14-32-21/h4-6,8,10-12,14,18-19H,7,9,13,15-17H2,1-3H3,(H,26,30). The van der Waals surface area contributed by atoms with Crippen molar-refractivity contribution >= 4 is 17.2 Å². The molecule has 0 spiro atoms. The van der Waals surface area contributed by atoms with Crippen LogP contribution in [0.1, 0.15) is 51.5 Å². The van der Waals surface area contributed by atoms with Crippen molar-refractivity contribution in [3.63, 3.8) is 0 Å². The zero-order valence-electron chi connectivity index (χ0n) is 19.1. The first-order chi connectivity index (χ1) is 15.4. The highest BCUT2D eigenvalue weighted by molar-refractivity contribution is 7.13. The first-order valence-corrected chi connectivity index (χ1v) is 12.2. The molecule has 3 heterocycles. The summed E-state index contributed by atoms with van der Waals surface area (Å²) in [7, 11) is 0. The third kappa shape index (κ3) is 5.64. The normalized spacial score (nSPS) is 18.4. The number of amides is 1. The molecule has 0 radical (unpaired) electrons. The summed E-state index contributed by atoms with van der Waals surface area (Å²) in [5.41, 5.74) is 1.30. The molecule has 1 aliphatic rings. The quantitative estimate of drug-likeness (QED) is 0.527. The summed E-state index contributed by atoms with van der Waals surface area (Å²) in [5, 5.41) is 9.36. The Bertz CT molecular complexity index is 1000. The van der Waals surface area contributed by atoms with Gasteiger partial charge < -0.3 is 9.84 Å². The fraction of sp³-hybridized carbons (Fsp3) is 0.480. The summed E-state index contributed by atoms with van der Waals surface area (Å²) in [6, 6.07) is 14.6. The van der Waals surface area contributed by atoms with E-state index in [1.54, 1.807) is 11.3 Å². The molecule has 32 heavy (non-hydrogen) atoms. The average Bonchev–Trinajstić information content (AvgIpc) is 3.46. The molecular formula is C25H32N4O2S. The Kier molecular flexibility index (Phi) is 7.06. The number of carbonyl (C=O) groups excluding carboxylic acids is 1. The second kappa shape index (κ2) is 9.96. The number of likely N-dealkylation sites (tertiary alicyclic amines) is 1. The van der Waals surface area contributed by atoms with Crippen LogP contribution in [0.4, 0.5) is 0 Å². The summed E-state index contributed by atoms with van der Waals surface area (Å²) in [6.07, 6.45) is 2.81. The zero-order chi connectivity index (χ0) is 22.6. The van der Waals surface area contributed by atoms with Crippen LogP contribution < -0.4 is 5.32 Å². The number of rotatable bonds is 8. The van der Waals surface area contributed by atoms with Gasteiger partial charge in [0.05, 0.1) is 17.3 Å². The fourth-order valence-corrected chi connectivity index (χ4v) is 5.26. The summed E-state index contributed by atoms with van der Waals surface area (Å²) in [4.78, 5) is 20.8. The average molecular weight is 453 g/mol. The van der Waals surface area contributed by atoms with Crippen molar-refractivity contribution in [3.05, 3.63) is 59.3 Å². The van der Waals surface area contributed by atoms with Gasteiger partial charge in [-0.2, -0.15) is 4.98 Å². The van der Waals surface area contributed by atoms with E-state index in [0.29, 0.717) is 18.3 Å². The molecule has 1 saturated heterocycles. The van der Waals surface area contributed by atoms with Gasteiger partial charge in [0.15, 0.2) is 0 Å². The lowest BCUT2D eigenvalue weighted by Gasteiger charge is -2.33. The van der Waals surface area contributed by atoms with Crippen LogP contribution in [-0.2, 0) is 16.8 Å². The van der Waals surface area contributed by atoms with E-state index in [-0.39, 0.29) is 23.3 Å². The van der Waals surface area contributed by atoms with Crippen LogP contribution in [0.15, 0.2) is 52.4 Å². The molecule has 0 saturated carbocycles. The Morgan fingerprint density at radius 1 is 1.28 bits per heavy atom. The molecule has 1 fully saturated rings. The van der Waals surface area contributed by atoms with Crippen LogP contribution in [0.2, 0.25) is 0 Å². The molecule has 2 aromatic heterocycles. The maximum absolute atomic E-state index is 13.0. The topological polar surface area (TPSA) is 71.3 Å². The van der Waals surface area contributed by atoms with Crippen molar-refractivity contribution in [1.29, 1.82) is 0 Å². The second-order valence-electron chi connectivity index (χ2n) is 9.43. The third-order valence-electron chi connectivity index (χ3n) is 6.21. The summed E-state index contributed by atoms with van der Waals surface area (Å²) >= 11 is 1.60. The molecule has 1 N–H and O–H groups in total. The van der Waals surface area contributed by atoms with Crippen molar-refractivity contribution in [2.24, 2.45) is 5.92 Å². The van der Waals surface area contributed by atoms with Crippen LogP contribution in [0, 0.1) is 5.92 Å². The molecule has 2 unspecified atom stereocenters. The lowest BCUT2D eigenvalue weighted by Crippen LogP contribution is -2.46. The molecule has 0 aliphatic carbocycles. The molecule has 170 valence electrons. The first-order valence-electron chi connectivity index (χ1n) is 11.4. The molecule has 1 amide bonds. The number of thiophene rings is 1. The largest absolute Gasteiger partial charge is 0.353 e. The van der Waals surface area contributed by atoms with Crippen LogP contribution >= 0.6 is 11.3 Å². The van der Waals surface area contributed by atoms with E-state index in [9.17, 15) is 4.79 Å². The van der Waals surface area contributed by atoms with Gasteiger partial charge in [0, 0.05) is 12.6 Å².